The molecule has 2 heterocycles. The lowest BCUT2D eigenvalue weighted by Crippen LogP contribution is -2.36. The number of hydrogen-bond donors (Lipinski definition) is 3. The number of carbonyl (C=O) groups excluding carboxylic acids is 2. The summed E-state index contributed by atoms with van der Waals surface area (Å²) in [7, 11) is 0. The number of nitrogens with one attached hydrogen (secondary N) is 3. The second-order valence-electron chi connectivity index (χ2n) is 4.02. The van der Waals surface area contributed by atoms with Crippen LogP contribution in [0.25, 0.3) is 0 Å². The van der Waals surface area contributed by atoms with Crippen molar-refractivity contribution in [1.82, 2.24) is 20.8 Å². The molecule has 3 N–H and O–H groups in total. The van der Waals surface area contributed by atoms with Crippen molar-refractivity contribution >= 4 is 28.3 Å². The van der Waals surface area contributed by atoms with Crippen molar-refractivity contribution in [3.05, 3.63) is 5.01 Å². The van der Waals surface area contributed by atoms with Crippen molar-refractivity contribution in [1.29, 1.82) is 0 Å². The third-order valence-corrected chi connectivity index (χ3v) is 3.34. The number of hydrogen-bond acceptors (Lipinski definition) is 6. The van der Waals surface area contributed by atoms with E-state index in [0.717, 1.165) is 13.0 Å². The quantitative estimate of drug-likeness (QED) is 0.698. The van der Waals surface area contributed by atoms with Gasteiger partial charge < -0.3 is 16.0 Å². The van der Waals surface area contributed by atoms with E-state index in [-0.39, 0.29) is 17.9 Å². The molecule has 2 rings (SSSR count). The normalized spacial score (nSPS) is 18.5. The highest BCUT2D eigenvalue weighted by atomic mass is 32.1. The predicted molar refractivity (Wildman–Crippen MR) is 67.6 cm³/mol. The van der Waals surface area contributed by atoms with E-state index in [1.807, 2.05) is 6.92 Å². The molecule has 1 aliphatic heterocycles. The second kappa shape index (κ2) is 5.76. The van der Waals surface area contributed by atoms with Crippen molar-refractivity contribution in [2.45, 2.75) is 25.8 Å². The van der Waals surface area contributed by atoms with E-state index in [4.69, 9.17) is 0 Å². The molecule has 0 radical (unpaired) electrons. The van der Waals surface area contributed by atoms with Crippen molar-refractivity contribution in [3.63, 3.8) is 0 Å². The highest BCUT2D eigenvalue weighted by molar-refractivity contribution is 7.17. The minimum absolute atomic E-state index is 0.0390. The molecule has 0 aliphatic carbocycles. The molecule has 0 saturated carbocycles. The lowest BCUT2D eigenvalue weighted by molar-refractivity contribution is -0.119. The van der Waals surface area contributed by atoms with Crippen LogP contribution in [0.15, 0.2) is 0 Å². The molecule has 98 valence electrons. The summed E-state index contributed by atoms with van der Waals surface area (Å²) < 4.78 is 0. The number of carbonyl (C=O) groups is 2. The van der Waals surface area contributed by atoms with Gasteiger partial charge in [0.05, 0.1) is 6.04 Å². The first-order valence-corrected chi connectivity index (χ1v) is 6.65. The van der Waals surface area contributed by atoms with Crippen LogP contribution in [-0.2, 0) is 4.79 Å². The molecule has 7 nitrogen and oxygen atoms in total. The van der Waals surface area contributed by atoms with Crippen LogP contribution in [0.5, 0.6) is 0 Å². The Balaban J connectivity index is 1.88. The molecule has 0 bridgehead atoms. The predicted octanol–water partition coefficient (Wildman–Crippen LogP) is -0.0217. The van der Waals surface area contributed by atoms with Gasteiger partial charge in [-0.1, -0.05) is 18.3 Å². The number of nitrogens with zero attached hydrogens (tertiary/aromatic N) is 2. The summed E-state index contributed by atoms with van der Waals surface area (Å²) >= 11 is 1.21. The Morgan fingerprint density at radius 1 is 1.56 bits per heavy atom. The number of rotatable bonds is 5. The Labute approximate surface area is 108 Å². The van der Waals surface area contributed by atoms with Crippen LogP contribution < -0.4 is 16.0 Å². The second-order valence-corrected chi connectivity index (χ2v) is 5.00. The summed E-state index contributed by atoms with van der Waals surface area (Å²) in [6.07, 6.45) is 1.31. The minimum Gasteiger partial charge on any atom is -0.360 e. The molecule has 2 amide bonds. The van der Waals surface area contributed by atoms with Gasteiger partial charge in [0.1, 0.15) is 0 Å². The molecule has 1 unspecified atom stereocenters. The molecular weight excluding hydrogens is 254 g/mol. The maximum absolute atomic E-state index is 11.8. The Kier molecular flexibility index (Phi) is 4.08. The van der Waals surface area contributed by atoms with Gasteiger partial charge in [0.25, 0.3) is 5.91 Å². The SMILES string of the molecule is CCCNc1nnc(C(=O)NC2CNC(=O)C2)s1. The number of anilines is 1. The molecule has 0 spiro atoms. The van der Waals surface area contributed by atoms with E-state index in [2.05, 4.69) is 26.1 Å². The van der Waals surface area contributed by atoms with Gasteiger partial charge in [-0.25, -0.2) is 0 Å². The summed E-state index contributed by atoms with van der Waals surface area (Å²) in [5.74, 6) is -0.318. The van der Waals surface area contributed by atoms with Crippen LogP contribution in [-0.4, -0.2) is 41.1 Å². The summed E-state index contributed by atoms with van der Waals surface area (Å²) in [5.41, 5.74) is 0. The van der Waals surface area contributed by atoms with Gasteiger partial charge in [0.15, 0.2) is 0 Å². The molecule has 1 aromatic heterocycles. The smallest absolute Gasteiger partial charge is 0.282 e. The van der Waals surface area contributed by atoms with Gasteiger partial charge in [0, 0.05) is 19.5 Å². The lowest BCUT2D eigenvalue weighted by atomic mass is 10.2. The zero-order valence-corrected chi connectivity index (χ0v) is 10.8. The van der Waals surface area contributed by atoms with E-state index in [1.165, 1.54) is 11.3 Å². The van der Waals surface area contributed by atoms with E-state index >= 15 is 0 Å². The van der Waals surface area contributed by atoms with Crippen LogP contribution in [0.3, 0.4) is 0 Å². The van der Waals surface area contributed by atoms with Gasteiger partial charge in [0.2, 0.25) is 16.0 Å². The summed E-state index contributed by atoms with van der Waals surface area (Å²) in [4.78, 5) is 22.8. The monoisotopic (exact) mass is 269 g/mol. The van der Waals surface area contributed by atoms with E-state index in [0.29, 0.717) is 23.1 Å². The lowest BCUT2D eigenvalue weighted by Gasteiger charge is -2.07. The van der Waals surface area contributed by atoms with Crippen LogP contribution in [0.1, 0.15) is 29.6 Å². The fraction of sp³-hybridized carbons (Fsp3) is 0.600. The van der Waals surface area contributed by atoms with E-state index < -0.39 is 0 Å². The van der Waals surface area contributed by atoms with Gasteiger partial charge >= 0.3 is 0 Å². The maximum atomic E-state index is 11.8. The van der Waals surface area contributed by atoms with Crippen molar-refractivity contribution in [3.8, 4) is 0 Å². The Bertz CT molecular complexity index is 447. The summed E-state index contributed by atoms with van der Waals surface area (Å²) in [5, 5.41) is 17.1. The maximum Gasteiger partial charge on any atom is 0.282 e. The standard InChI is InChI=1S/C10H15N5O2S/c1-2-3-11-10-15-14-9(18-10)8(17)13-6-4-7(16)12-5-6/h6H,2-5H2,1H3,(H,11,15)(H,12,16)(H,13,17). The molecular formula is C10H15N5O2S. The van der Waals surface area contributed by atoms with Gasteiger partial charge in [-0.2, -0.15) is 0 Å². The molecule has 1 aliphatic rings. The third-order valence-electron chi connectivity index (χ3n) is 2.46. The Morgan fingerprint density at radius 3 is 3.06 bits per heavy atom. The molecule has 1 atom stereocenters. The van der Waals surface area contributed by atoms with Crippen LogP contribution >= 0.6 is 11.3 Å². The van der Waals surface area contributed by atoms with Gasteiger partial charge in [-0.3, -0.25) is 9.59 Å². The third kappa shape index (κ3) is 3.16. The molecule has 1 fully saturated rings. The Morgan fingerprint density at radius 2 is 2.39 bits per heavy atom. The first-order chi connectivity index (χ1) is 8.69. The average Bonchev–Trinajstić information content (AvgIpc) is 2.96. The number of amides is 2. The molecule has 8 heteroatoms. The molecule has 18 heavy (non-hydrogen) atoms. The largest absolute Gasteiger partial charge is 0.360 e. The summed E-state index contributed by atoms with van der Waals surface area (Å²) in [6, 6.07) is -0.152. The van der Waals surface area contributed by atoms with Gasteiger partial charge in [-0.05, 0) is 6.42 Å². The minimum atomic E-state index is -0.279. The molecule has 0 aromatic carbocycles. The average molecular weight is 269 g/mol. The van der Waals surface area contributed by atoms with Crippen molar-refractivity contribution < 1.29 is 9.59 Å². The Hall–Kier alpha value is -1.70. The topological polar surface area (TPSA) is 96.0 Å². The first-order valence-electron chi connectivity index (χ1n) is 5.84. The van der Waals surface area contributed by atoms with E-state index in [9.17, 15) is 9.59 Å². The zero-order chi connectivity index (χ0) is 13.0. The van der Waals surface area contributed by atoms with Gasteiger partial charge in [-0.15, -0.1) is 10.2 Å². The van der Waals surface area contributed by atoms with Crippen LogP contribution in [0.4, 0.5) is 5.13 Å². The zero-order valence-electron chi connectivity index (χ0n) is 10.0. The van der Waals surface area contributed by atoms with Crippen molar-refractivity contribution in [2.75, 3.05) is 18.4 Å². The van der Waals surface area contributed by atoms with E-state index in [1.54, 1.807) is 0 Å². The fourth-order valence-electron chi connectivity index (χ4n) is 1.57. The summed E-state index contributed by atoms with van der Waals surface area (Å²) in [6.45, 7) is 3.33. The highest BCUT2D eigenvalue weighted by Crippen LogP contribution is 2.15. The van der Waals surface area contributed by atoms with Crippen LogP contribution in [0, 0.1) is 0 Å². The fourth-order valence-corrected chi connectivity index (χ4v) is 2.25. The highest BCUT2D eigenvalue weighted by Gasteiger charge is 2.24. The molecule has 1 saturated heterocycles. The molecule has 1 aromatic rings. The van der Waals surface area contributed by atoms with Crippen LogP contribution in [0.2, 0.25) is 0 Å². The number of aromatic nitrogens is 2. The van der Waals surface area contributed by atoms with Crippen molar-refractivity contribution in [2.24, 2.45) is 0 Å². The first kappa shape index (κ1) is 12.7.